The molecule has 1 aliphatic heterocycles. The Morgan fingerprint density at radius 3 is 2.40 bits per heavy atom. The van der Waals surface area contributed by atoms with Gasteiger partial charge in [-0.05, 0) is 83.5 Å². The Balaban J connectivity index is 1.64. The first-order chi connectivity index (χ1) is 21.7. The number of ether oxygens (including phenoxy) is 5. The Morgan fingerprint density at radius 1 is 1.04 bits per heavy atom. The minimum Gasteiger partial charge on any atom is -0.493 e. The number of esters is 1. The topological polar surface area (TPSA) is 97.6 Å². The van der Waals surface area contributed by atoms with Gasteiger partial charge in [-0.3, -0.25) is 9.36 Å². The van der Waals surface area contributed by atoms with Crippen molar-refractivity contribution < 1.29 is 28.5 Å². The molecule has 45 heavy (non-hydrogen) atoms. The molecule has 0 spiro atoms. The normalized spacial score (nSPS) is 14.5. The van der Waals surface area contributed by atoms with Crippen LogP contribution in [0.5, 0.6) is 23.0 Å². The summed E-state index contributed by atoms with van der Waals surface area (Å²) in [6, 6.07) is 16.3. The second kappa shape index (κ2) is 14.2. The summed E-state index contributed by atoms with van der Waals surface area (Å²) in [7, 11) is 4.65. The highest BCUT2D eigenvalue weighted by Gasteiger charge is 2.35. The number of aromatic nitrogens is 1. The van der Waals surface area contributed by atoms with Crippen LogP contribution in [0, 0.1) is 3.57 Å². The maximum Gasteiger partial charge on any atom is 0.338 e. The summed E-state index contributed by atoms with van der Waals surface area (Å²) in [4.78, 5) is 32.6. The molecule has 234 valence electrons. The Morgan fingerprint density at radius 2 is 1.73 bits per heavy atom. The third kappa shape index (κ3) is 6.68. The molecule has 0 N–H and O–H groups in total. The molecule has 3 aromatic carbocycles. The zero-order valence-corrected chi connectivity index (χ0v) is 29.7. The predicted octanol–water partition coefficient (Wildman–Crippen LogP) is 5.77. The third-order valence-corrected chi connectivity index (χ3v) is 9.56. The number of fused-ring (bicyclic) bond motifs is 1. The van der Waals surface area contributed by atoms with Gasteiger partial charge < -0.3 is 23.7 Å². The number of rotatable bonds is 10. The lowest BCUT2D eigenvalue weighted by Crippen LogP contribution is -2.40. The van der Waals surface area contributed by atoms with Gasteiger partial charge in [0, 0.05) is 4.47 Å². The quantitative estimate of drug-likeness (QED) is 0.148. The van der Waals surface area contributed by atoms with Gasteiger partial charge in [0.1, 0.15) is 6.61 Å². The summed E-state index contributed by atoms with van der Waals surface area (Å²) < 4.78 is 31.7. The molecule has 0 bridgehead atoms. The van der Waals surface area contributed by atoms with Gasteiger partial charge in [-0.15, -0.1) is 0 Å². The average Bonchev–Trinajstić information content (AvgIpc) is 3.33. The van der Waals surface area contributed by atoms with Crippen molar-refractivity contribution in [3.05, 3.63) is 110 Å². The second-order valence-electron chi connectivity index (χ2n) is 9.84. The number of thiazole rings is 1. The van der Waals surface area contributed by atoms with Crippen LogP contribution in [0.25, 0.3) is 6.08 Å². The van der Waals surface area contributed by atoms with Gasteiger partial charge in [0.15, 0.2) is 27.8 Å². The number of allylic oxidation sites excluding steroid dienone is 1. The van der Waals surface area contributed by atoms with Crippen molar-refractivity contribution >= 4 is 61.9 Å². The zero-order chi connectivity index (χ0) is 32.2. The summed E-state index contributed by atoms with van der Waals surface area (Å²) in [5.74, 6) is 1.56. The molecule has 1 aliphatic rings. The lowest BCUT2D eigenvalue weighted by atomic mass is 9.95. The van der Waals surface area contributed by atoms with Gasteiger partial charge in [0.05, 0.1) is 53.4 Å². The molecule has 0 amide bonds. The van der Waals surface area contributed by atoms with Crippen molar-refractivity contribution in [1.29, 1.82) is 0 Å². The maximum absolute atomic E-state index is 14.2. The summed E-state index contributed by atoms with van der Waals surface area (Å²) in [6.07, 6.45) is 1.79. The van der Waals surface area contributed by atoms with Gasteiger partial charge in [-0.1, -0.05) is 57.6 Å². The number of benzene rings is 3. The van der Waals surface area contributed by atoms with Crippen LogP contribution >= 0.6 is 49.9 Å². The monoisotopic (exact) mass is 804 g/mol. The fourth-order valence-corrected chi connectivity index (χ4v) is 7.38. The Hall–Kier alpha value is -3.62. The van der Waals surface area contributed by atoms with E-state index < -0.39 is 12.0 Å². The van der Waals surface area contributed by atoms with E-state index in [1.54, 1.807) is 46.3 Å². The van der Waals surface area contributed by atoms with Crippen molar-refractivity contribution in [2.45, 2.75) is 26.5 Å². The van der Waals surface area contributed by atoms with Crippen molar-refractivity contribution in [2.24, 2.45) is 4.99 Å². The van der Waals surface area contributed by atoms with Gasteiger partial charge in [-0.25, -0.2) is 9.79 Å². The van der Waals surface area contributed by atoms with E-state index in [0.29, 0.717) is 54.7 Å². The van der Waals surface area contributed by atoms with Crippen molar-refractivity contribution in [2.75, 3.05) is 27.9 Å². The highest BCUT2D eigenvalue weighted by molar-refractivity contribution is 14.1. The molecule has 5 rings (SSSR count). The fourth-order valence-electron chi connectivity index (χ4n) is 5.01. The van der Waals surface area contributed by atoms with E-state index in [4.69, 9.17) is 23.7 Å². The molecule has 0 unspecified atom stereocenters. The molecule has 0 radical (unpaired) electrons. The molecule has 1 atom stereocenters. The number of hydrogen-bond acceptors (Lipinski definition) is 9. The maximum atomic E-state index is 14.2. The molecule has 1 aromatic heterocycles. The van der Waals surface area contributed by atoms with E-state index in [1.165, 1.54) is 23.0 Å². The first-order valence-corrected chi connectivity index (χ1v) is 16.5. The molecule has 0 saturated heterocycles. The number of carbonyl (C=O) groups excluding carboxylic acids is 1. The van der Waals surface area contributed by atoms with Crippen LogP contribution in [0.4, 0.5) is 0 Å². The lowest BCUT2D eigenvalue weighted by molar-refractivity contribution is -0.139. The summed E-state index contributed by atoms with van der Waals surface area (Å²) in [5, 5.41) is 0. The molecule has 0 aliphatic carbocycles. The number of nitrogens with zero attached hydrogens (tertiary/aromatic N) is 2. The van der Waals surface area contributed by atoms with Crippen LogP contribution in [-0.2, 0) is 16.1 Å². The van der Waals surface area contributed by atoms with Crippen molar-refractivity contribution in [1.82, 2.24) is 4.57 Å². The molecule has 0 fully saturated rings. The van der Waals surface area contributed by atoms with Gasteiger partial charge in [-0.2, -0.15) is 0 Å². The van der Waals surface area contributed by atoms with Gasteiger partial charge in [0.25, 0.3) is 5.56 Å². The average molecular weight is 805 g/mol. The molecular formula is C33H30BrIN2O7S. The van der Waals surface area contributed by atoms with E-state index in [1.807, 2.05) is 42.5 Å². The van der Waals surface area contributed by atoms with Crippen molar-refractivity contribution in [3.63, 3.8) is 0 Å². The largest absolute Gasteiger partial charge is 0.493 e. The van der Waals surface area contributed by atoms with E-state index in [2.05, 4.69) is 43.5 Å². The van der Waals surface area contributed by atoms with E-state index >= 15 is 0 Å². The summed E-state index contributed by atoms with van der Waals surface area (Å²) in [5.41, 5.74) is 2.82. The minimum absolute atomic E-state index is 0.172. The zero-order valence-electron chi connectivity index (χ0n) is 25.2. The number of carbonyl (C=O) groups is 1. The Bertz CT molecular complexity index is 1970. The molecule has 9 nitrogen and oxygen atoms in total. The van der Waals surface area contributed by atoms with E-state index in [-0.39, 0.29) is 17.7 Å². The Labute approximate surface area is 286 Å². The third-order valence-electron chi connectivity index (χ3n) is 7.09. The van der Waals surface area contributed by atoms with Crippen LogP contribution in [0.1, 0.15) is 36.6 Å². The summed E-state index contributed by atoms with van der Waals surface area (Å²) >= 11 is 7.07. The number of methoxy groups -OCH3 is 3. The van der Waals surface area contributed by atoms with Crippen LogP contribution in [0.2, 0.25) is 0 Å². The molecule has 4 aromatic rings. The predicted molar refractivity (Wildman–Crippen MR) is 184 cm³/mol. The molecule has 0 saturated carbocycles. The van der Waals surface area contributed by atoms with Gasteiger partial charge >= 0.3 is 5.97 Å². The van der Waals surface area contributed by atoms with Crippen molar-refractivity contribution in [3.8, 4) is 23.0 Å². The molecular weight excluding hydrogens is 775 g/mol. The lowest BCUT2D eigenvalue weighted by Gasteiger charge is -2.26. The number of halogens is 2. The minimum atomic E-state index is -0.833. The van der Waals surface area contributed by atoms with E-state index in [0.717, 1.165) is 14.7 Å². The van der Waals surface area contributed by atoms with Crippen LogP contribution in [0.3, 0.4) is 0 Å². The van der Waals surface area contributed by atoms with Crippen LogP contribution in [-0.4, -0.2) is 38.5 Å². The fraction of sp³-hybridized carbons (Fsp3) is 0.242. The second-order valence-corrected chi connectivity index (χ2v) is 12.9. The number of hydrogen-bond donors (Lipinski definition) is 0. The van der Waals surface area contributed by atoms with E-state index in [9.17, 15) is 9.59 Å². The van der Waals surface area contributed by atoms with Crippen LogP contribution in [0.15, 0.2) is 80.1 Å². The SMILES string of the molecule is CCOC(=O)C1=C(C)N=c2s/c(=C\c3cc(I)c(OCc4ccccc4)c(OC)c3)c(=O)n2[C@H]1c1cc(OC)c(OC)cc1Br. The molecule has 2 heterocycles. The smallest absolute Gasteiger partial charge is 0.338 e. The first-order valence-electron chi connectivity index (χ1n) is 13.9. The van der Waals surface area contributed by atoms with Gasteiger partial charge in [0.2, 0.25) is 0 Å². The standard InChI is InChI=1S/C33H30BrIN2O7S/c1-6-43-32(39)28-18(2)36-33-37(29(28)21-15-24(40-3)25(41-4)16-22(21)34)31(38)27(45-33)14-20-12-23(35)30(26(13-20)42-5)44-17-19-10-8-7-9-11-19/h7-16,29H,6,17H2,1-5H3/b27-14-/t29-/m0/s1. The summed E-state index contributed by atoms with van der Waals surface area (Å²) in [6.45, 7) is 4.04. The molecule has 12 heteroatoms. The highest BCUT2D eigenvalue weighted by Crippen LogP contribution is 2.41. The first kappa shape index (κ1) is 32.8. The van der Waals surface area contributed by atoms with Crippen LogP contribution < -0.4 is 33.8 Å². The highest BCUT2D eigenvalue weighted by atomic mass is 127. The Kier molecular flexibility index (Phi) is 10.3.